The van der Waals surface area contributed by atoms with Crippen molar-refractivity contribution in [1.29, 1.82) is 0 Å². The van der Waals surface area contributed by atoms with Gasteiger partial charge in [-0.05, 0) is 36.2 Å². The Hall–Kier alpha value is -3.08. The lowest BCUT2D eigenvalue weighted by molar-refractivity contribution is 0.0474. The molecule has 0 fully saturated rings. The first kappa shape index (κ1) is 15.8. The van der Waals surface area contributed by atoms with Gasteiger partial charge in [0.25, 0.3) is 0 Å². The minimum Gasteiger partial charge on any atom is -0.508 e. The number of aryl methyl sites for hydroxylation is 1. The summed E-state index contributed by atoms with van der Waals surface area (Å²) in [5, 5.41) is 10.1. The number of esters is 1. The summed E-state index contributed by atoms with van der Waals surface area (Å²) in [6.07, 6.45) is 0.897. The smallest absolute Gasteiger partial charge is 0.338 e. The lowest BCUT2D eigenvalue weighted by Gasteiger charge is -2.08. The summed E-state index contributed by atoms with van der Waals surface area (Å²) in [5.74, 6) is -0.464. The molecule has 0 amide bonds. The Morgan fingerprint density at radius 2 is 1.88 bits per heavy atom. The van der Waals surface area contributed by atoms with Crippen LogP contribution in [-0.4, -0.2) is 11.1 Å². The predicted molar refractivity (Wildman–Crippen MR) is 89.1 cm³/mol. The number of benzene rings is 2. The van der Waals surface area contributed by atoms with Gasteiger partial charge in [0.05, 0.1) is 5.56 Å². The second-order valence-corrected chi connectivity index (χ2v) is 5.40. The summed E-state index contributed by atoms with van der Waals surface area (Å²) in [6.45, 7) is 1.98. The van der Waals surface area contributed by atoms with E-state index in [-0.39, 0.29) is 17.9 Å². The fraction of sp³-hybridized carbons (Fsp3) is 0.158. The molecule has 0 aliphatic carbocycles. The molecule has 1 aromatic heterocycles. The van der Waals surface area contributed by atoms with Crippen LogP contribution in [-0.2, 0) is 17.8 Å². The molecule has 24 heavy (non-hydrogen) atoms. The normalized spacial score (nSPS) is 10.7. The number of fused-ring (bicyclic) bond motifs is 1. The Bertz CT molecular complexity index is 938. The maximum absolute atomic E-state index is 12.1. The van der Waals surface area contributed by atoms with Crippen LogP contribution < -0.4 is 5.63 Å². The second-order valence-electron chi connectivity index (χ2n) is 5.40. The van der Waals surface area contributed by atoms with Gasteiger partial charge in [-0.3, -0.25) is 0 Å². The quantitative estimate of drug-likeness (QED) is 0.588. The van der Waals surface area contributed by atoms with Gasteiger partial charge in [0.1, 0.15) is 17.9 Å². The molecule has 0 radical (unpaired) electrons. The third kappa shape index (κ3) is 3.30. The molecule has 0 bridgehead atoms. The summed E-state index contributed by atoms with van der Waals surface area (Å²) >= 11 is 0. The number of carbonyl (C=O) groups is 1. The van der Waals surface area contributed by atoms with Crippen LogP contribution in [0.1, 0.15) is 28.4 Å². The van der Waals surface area contributed by atoms with Crippen LogP contribution >= 0.6 is 0 Å². The summed E-state index contributed by atoms with van der Waals surface area (Å²) < 4.78 is 10.3. The Balaban J connectivity index is 1.82. The van der Waals surface area contributed by atoms with E-state index in [0.29, 0.717) is 16.5 Å². The highest BCUT2D eigenvalue weighted by Gasteiger charge is 2.11. The SMILES string of the molecule is CCc1ccc(C(=O)OCc2cc(=O)oc3cc(O)ccc23)cc1. The zero-order valence-corrected chi connectivity index (χ0v) is 13.1. The van der Waals surface area contributed by atoms with Crippen molar-refractivity contribution in [3.8, 4) is 5.75 Å². The first-order valence-electron chi connectivity index (χ1n) is 7.58. The molecule has 2 aromatic carbocycles. The Morgan fingerprint density at radius 1 is 1.12 bits per heavy atom. The topological polar surface area (TPSA) is 76.7 Å². The molecule has 0 saturated heterocycles. The number of aromatic hydroxyl groups is 1. The van der Waals surface area contributed by atoms with Crippen molar-refractivity contribution >= 4 is 16.9 Å². The van der Waals surface area contributed by atoms with Crippen LogP contribution in [0, 0.1) is 0 Å². The van der Waals surface area contributed by atoms with E-state index in [1.165, 1.54) is 18.2 Å². The highest BCUT2D eigenvalue weighted by Crippen LogP contribution is 2.22. The maximum Gasteiger partial charge on any atom is 0.338 e. The van der Waals surface area contributed by atoms with Crippen molar-refractivity contribution in [2.45, 2.75) is 20.0 Å². The molecule has 1 heterocycles. The van der Waals surface area contributed by atoms with Crippen molar-refractivity contribution < 1.29 is 19.1 Å². The average Bonchev–Trinajstić information content (AvgIpc) is 2.59. The molecule has 0 saturated carbocycles. The molecule has 0 aliphatic rings. The number of hydrogen-bond acceptors (Lipinski definition) is 5. The van der Waals surface area contributed by atoms with Crippen LogP contribution in [0.5, 0.6) is 5.75 Å². The van der Waals surface area contributed by atoms with Gasteiger partial charge < -0.3 is 14.3 Å². The van der Waals surface area contributed by atoms with E-state index in [0.717, 1.165) is 12.0 Å². The first-order valence-corrected chi connectivity index (χ1v) is 7.58. The van der Waals surface area contributed by atoms with Crippen molar-refractivity contribution in [3.63, 3.8) is 0 Å². The van der Waals surface area contributed by atoms with Crippen molar-refractivity contribution in [1.82, 2.24) is 0 Å². The van der Waals surface area contributed by atoms with E-state index in [1.807, 2.05) is 19.1 Å². The Labute approximate surface area is 138 Å². The minimum absolute atomic E-state index is 0.00388. The molecule has 5 heteroatoms. The maximum atomic E-state index is 12.1. The van der Waals surface area contributed by atoms with Crippen molar-refractivity contribution in [2.24, 2.45) is 0 Å². The van der Waals surface area contributed by atoms with Gasteiger partial charge in [0.2, 0.25) is 0 Å². The van der Waals surface area contributed by atoms with E-state index >= 15 is 0 Å². The number of hydrogen-bond donors (Lipinski definition) is 1. The lowest BCUT2D eigenvalue weighted by Crippen LogP contribution is -2.08. The molecule has 0 atom stereocenters. The molecule has 3 aromatic rings. The number of phenolic OH excluding ortho intramolecular Hbond substituents is 1. The average molecular weight is 324 g/mol. The third-order valence-corrected chi connectivity index (χ3v) is 3.77. The van der Waals surface area contributed by atoms with E-state index in [1.54, 1.807) is 18.2 Å². The number of carbonyl (C=O) groups excluding carboxylic acids is 1. The molecule has 3 rings (SSSR count). The van der Waals surface area contributed by atoms with Crippen LogP contribution in [0.4, 0.5) is 0 Å². The van der Waals surface area contributed by atoms with Crippen molar-refractivity contribution in [3.05, 3.63) is 75.6 Å². The summed E-state index contributed by atoms with van der Waals surface area (Å²) in [7, 11) is 0. The predicted octanol–water partition coefficient (Wildman–Crippen LogP) is 3.42. The van der Waals surface area contributed by atoms with Crippen LogP contribution in [0.3, 0.4) is 0 Å². The van der Waals surface area contributed by atoms with E-state index in [9.17, 15) is 14.7 Å². The van der Waals surface area contributed by atoms with E-state index < -0.39 is 11.6 Å². The van der Waals surface area contributed by atoms with Gasteiger partial charge in [-0.15, -0.1) is 0 Å². The van der Waals surface area contributed by atoms with E-state index in [2.05, 4.69) is 0 Å². The largest absolute Gasteiger partial charge is 0.508 e. The summed E-state index contributed by atoms with van der Waals surface area (Å²) in [4.78, 5) is 23.7. The second kappa shape index (κ2) is 6.58. The standard InChI is InChI=1S/C19H16O5/c1-2-12-3-5-13(6-4-12)19(22)23-11-14-9-18(21)24-17-10-15(20)7-8-16(14)17/h3-10,20H,2,11H2,1H3. The highest BCUT2D eigenvalue weighted by molar-refractivity contribution is 5.89. The fourth-order valence-corrected chi connectivity index (χ4v) is 2.44. The molecule has 0 spiro atoms. The number of phenols is 1. The molecular formula is C19H16O5. The van der Waals surface area contributed by atoms with E-state index in [4.69, 9.17) is 9.15 Å². The molecule has 1 N–H and O–H groups in total. The van der Waals surface area contributed by atoms with Crippen LogP contribution in [0.25, 0.3) is 11.0 Å². The Kier molecular flexibility index (Phi) is 4.33. The van der Waals surface area contributed by atoms with Gasteiger partial charge in [-0.2, -0.15) is 0 Å². The zero-order chi connectivity index (χ0) is 17.1. The Morgan fingerprint density at radius 3 is 2.58 bits per heavy atom. The van der Waals surface area contributed by atoms with Crippen LogP contribution in [0.2, 0.25) is 0 Å². The molecule has 0 unspecified atom stereocenters. The molecule has 0 aliphatic heterocycles. The van der Waals surface area contributed by atoms with Gasteiger partial charge >= 0.3 is 11.6 Å². The zero-order valence-electron chi connectivity index (χ0n) is 13.1. The molecular weight excluding hydrogens is 308 g/mol. The van der Waals surface area contributed by atoms with Gasteiger partial charge in [-0.1, -0.05) is 19.1 Å². The van der Waals surface area contributed by atoms with Gasteiger partial charge in [0, 0.05) is 23.1 Å². The highest BCUT2D eigenvalue weighted by atomic mass is 16.5. The summed E-state index contributed by atoms with van der Waals surface area (Å²) in [5.41, 5.74) is 1.81. The molecule has 122 valence electrons. The fourth-order valence-electron chi connectivity index (χ4n) is 2.44. The monoisotopic (exact) mass is 324 g/mol. The third-order valence-electron chi connectivity index (χ3n) is 3.77. The minimum atomic E-state index is -0.563. The van der Waals surface area contributed by atoms with Crippen LogP contribution in [0.15, 0.2) is 57.7 Å². The first-order chi connectivity index (χ1) is 11.6. The number of ether oxygens (including phenoxy) is 1. The van der Waals surface area contributed by atoms with Crippen molar-refractivity contribution in [2.75, 3.05) is 0 Å². The lowest BCUT2D eigenvalue weighted by atomic mass is 10.1. The van der Waals surface area contributed by atoms with Gasteiger partial charge in [0.15, 0.2) is 0 Å². The summed E-state index contributed by atoms with van der Waals surface area (Å²) in [6, 6.07) is 12.9. The molecule has 5 nitrogen and oxygen atoms in total. The van der Waals surface area contributed by atoms with Gasteiger partial charge in [-0.25, -0.2) is 9.59 Å². The number of rotatable bonds is 4.